The molecular formula is C23H25ClFN3O6. The number of nitrogens with one attached hydrogen (secondary N) is 1. The SMILES string of the molecule is CCOc1cc(Cl)c(F)c(CNC(=O)c2cn3c(c(O)c2=O)C(=O)N(C)CC32CC2COC)c1. The fourth-order valence-electron chi connectivity index (χ4n) is 4.60. The Balaban J connectivity index is 1.67. The van der Waals surface area contributed by atoms with Gasteiger partial charge in [-0.2, -0.15) is 0 Å². The number of benzene rings is 1. The lowest BCUT2D eigenvalue weighted by atomic mass is 10.0. The molecule has 4 rings (SSSR count). The molecule has 34 heavy (non-hydrogen) atoms. The number of carbonyl (C=O) groups excluding carboxylic acids is 2. The minimum absolute atomic E-state index is 0.0437. The molecule has 2 amide bonds. The highest BCUT2D eigenvalue weighted by Crippen LogP contribution is 2.53. The number of carbonyl (C=O) groups is 2. The summed E-state index contributed by atoms with van der Waals surface area (Å²) in [5.74, 6) is -2.46. The van der Waals surface area contributed by atoms with E-state index in [2.05, 4.69) is 5.32 Å². The van der Waals surface area contributed by atoms with E-state index in [1.54, 1.807) is 21.1 Å². The quantitative estimate of drug-likeness (QED) is 0.611. The summed E-state index contributed by atoms with van der Waals surface area (Å²) >= 11 is 5.92. The van der Waals surface area contributed by atoms with Crippen molar-refractivity contribution in [3.63, 3.8) is 0 Å². The first kappa shape index (κ1) is 24.0. The highest BCUT2D eigenvalue weighted by Gasteiger charge is 2.60. The third-order valence-corrected chi connectivity index (χ3v) is 6.64. The number of hydrogen-bond acceptors (Lipinski definition) is 6. The van der Waals surface area contributed by atoms with Crippen molar-refractivity contribution in [2.75, 3.05) is 33.9 Å². The summed E-state index contributed by atoms with van der Waals surface area (Å²) in [5, 5.41) is 12.9. The Kier molecular flexibility index (Phi) is 6.30. The number of methoxy groups -OCH3 is 1. The molecule has 0 radical (unpaired) electrons. The monoisotopic (exact) mass is 493 g/mol. The highest BCUT2D eigenvalue weighted by molar-refractivity contribution is 6.31. The van der Waals surface area contributed by atoms with Crippen LogP contribution in [0.25, 0.3) is 0 Å². The van der Waals surface area contributed by atoms with Gasteiger partial charge in [0.2, 0.25) is 5.43 Å². The van der Waals surface area contributed by atoms with E-state index in [0.717, 1.165) is 0 Å². The van der Waals surface area contributed by atoms with Crippen LogP contribution in [0.1, 0.15) is 39.8 Å². The molecule has 2 unspecified atom stereocenters. The number of ether oxygens (including phenoxy) is 2. The van der Waals surface area contributed by atoms with Gasteiger partial charge in [-0.3, -0.25) is 14.4 Å². The number of nitrogens with zero attached hydrogens (tertiary/aromatic N) is 2. The fraction of sp³-hybridized carbons (Fsp3) is 0.435. The van der Waals surface area contributed by atoms with Crippen LogP contribution < -0.4 is 15.5 Å². The Morgan fingerprint density at radius 3 is 2.79 bits per heavy atom. The molecule has 1 spiro atoms. The molecule has 2 heterocycles. The lowest BCUT2D eigenvalue weighted by Crippen LogP contribution is -2.48. The highest BCUT2D eigenvalue weighted by atomic mass is 35.5. The Morgan fingerprint density at radius 2 is 2.12 bits per heavy atom. The normalized spacial score (nSPS) is 20.9. The van der Waals surface area contributed by atoms with E-state index in [0.29, 0.717) is 31.9 Å². The number of aromatic nitrogens is 1. The van der Waals surface area contributed by atoms with Crippen LogP contribution in [-0.2, 0) is 16.8 Å². The lowest BCUT2D eigenvalue weighted by Gasteiger charge is -2.35. The first-order valence-corrected chi connectivity index (χ1v) is 11.1. The van der Waals surface area contributed by atoms with Crippen molar-refractivity contribution in [1.29, 1.82) is 0 Å². The molecule has 11 heteroatoms. The number of pyridine rings is 1. The molecule has 1 aliphatic heterocycles. The maximum atomic E-state index is 14.4. The van der Waals surface area contributed by atoms with Gasteiger partial charge in [0.25, 0.3) is 11.8 Å². The molecule has 182 valence electrons. The Labute approximate surface area is 200 Å². The minimum Gasteiger partial charge on any atom is -0.503 e. The topological polar surface area (TPSA) is 110 Å². The second-order valence-corrected chi connectivity index (χ2v) is 8.96. The maximum Gasteiger partial charge on any atom is 0.274 e. The van der Waals surface area contributed by atoms with Gasteiger partial charge in [0.15, 0.2) is 11.4 Å². The smallest absolute Gasteiger partial charge is 0.274 e. The zero-order valence-corrected chi connectivity index (χ0v) is 19.7. The molecule has 2 atom stereocenters. The van der Waals surface area contributed by atoms with Gasteiger partial charge in [-0.1, -0.05) is 11.6 Å². The average Bonchev–Trinajstić information content (AvgIpc) is 3.47. The van der Waals surface area contributed by atoms with Crippen molar-refractivity contribution in [2.45, 2.75) is 25.4 Å². The number of halogens is 2. The van der Waals surface area contributed by atoms with Crippen molar-refractivity contribution < 1.29 is 28.6 Å². The number of likely N-dealkylation sites (N-methyl/N-ethyl adjacent to an activating group) is 1. The maximum absolute atomic E-state index is 14.4. The van der Waals surface area contributed by atoms with Crippen LogP contribution in [0.5, 0.6) is 11.5 Å². The third-order valence-electron chi connectivity index (χ3n) is 6.36. The van der Waals surface area contributed by atoms with E-state index in [9.17, 15) is 23.9 Å². The minimum atomic E-state index is -0.979. The van der Waals surface area contributed by atoms with Gasteiger partial charge in [0, 0.05) is 51.0 Å². The second-order valence-electron chi connectivity index (χ2n) is 8.55. The van der Waals surface area contributed by atoms with Crippen molar-refractivity contribution in [2.24, 2.45) is 5.92 Å². The number of fused-ring (bicyclic) bond motifs is 2. The van der Waals surface area contributed by atoms with Crippen LogP contribution in [0, 0.1) is 11.7 Å². The molecule has 2 N–H and O–H groups in total. The zero-order valence-electron chi connectivity index (χ0n) is 19.0. The molecule has 1 aromatic carbocycles. The number of hydrogen-bond donors (Lipinski definition) is 2. The zero-order chi connectivity index (χ0) is 24.8. The molecule has 2 aromatic rings. The summed E-state index contributed by atoms with van der Waals surface area (Å²) in [6.07, 6.45) is 1.95. The van der Waals surface area contributed by atoms with Gasteiger partial charge >= 0.3 is 0 Å². The van der Waals surface area contributed by atoms with Gasteiger partial charge in [-0.05, 0) is 19.4 Å². The molecular weight excluding hydrogens is 469 g/mol. The fourth-order valence-corrected chi connectivity index (χ4v) is 4.83. The van der Waals surface area contributed by atoms with Crippen LogP contribution in [0.4, 0.5) is 4.39 Å². The summed E-state index contributed by atoms with van der Waals surface area (Å²) < 4.78 is 26.6. The van der Waals surface area contributed by atoms with E-state index in [4.69, 9.17) is 21.1 Å². The second kappa shape index (κ2) is 8.92. The predicted molar refractivity (Wildman–Crippen MR) is 121 cm³/mol. The largest absolute Gasteiger partial charge is 0.503 e. The number of amides is 2. The first-order chi connectivity index (χ1) is 16.1. The standard InChI is InChI=1S/C23H25ClFN3O6/c1-4-34-14-5-12(17(25)16(24)6-14)8-26-21(31)15-9-28-18(20(30)19(15)29)22(32)27(2)11-23(28)7-13(23)10-33-3/h5-6,9,13,30H,4,7-8,10-11H2,1-3H3,(H,26,31). The van der Waals surface area contributed by atoms with E-state index in [-0.39, 0.29) is 34.3 Å². The van der Waals surface area contributed by atoms with Crippen LogP contribution >= 0.6 is 11.6 Å². The van der Waals surface area contributed by atoms with Crippen LogP contribution in [0.3, 0.4) is 0 Å². The molecule has 9 nitrogen and oxygen atoms in total. The van der Waals surface area contributed by atoms with Gasteiger partial charge in [0.05, 0.1) is 23.8 Å². The van der Waals surface area contributed by atoms with Crippen molar-refractivity contribution >= 4 is 23.4 Å². The van der Waals surface area contributed by atoms with Gasteiger partial charge < -0.3 is 29.4 Å². The molecule has 1 fully saturated rings. The summed E-state index contributed by atoms with van der Waals surface area (Å²) in [4.78, 5) is 39.9. The summed E-state index contributed by atoms with van der Waals surface area (Å²) in [6, 6.07) is 2.74. The number of rotatable bonds is 7. The Hall–Kier alpha value is -3.11. The molecule has 0 bridgehead atoms. The molecule has 1 saturated carbocycles. The van der Waals surface area contributed by atoms with E-state index >= 15 is 0 Å². The van der Waals surface area contributed by atoms with Crippen LogP contribution in [0.15, 0.2) is 23.1 Å². The number of aromatic hydroxyl groups is 1. The van der Waals surface area contributed by atoms with Crippen molar-refractivity contribution in [3.8, 4) is 11.5 Å². The molecule has 2 aliphatic rings. The summed E-state index contributed by atoms with van der Waals surface area (Å²) in [5.41, 5.74) is -2.00. The third kappa shape index (κ3) is 3.90. The van der Waals surface area contributed by atoms with Gasteiger partial charge in [-0.25, -0.2) is 4.39 Å². The summed E-state index contributed by atoms with van der Waals surface area (Å²) in [7, 11) is 3.16. The van der Waals surface area contributed by atoms with Crippen molar-refractivity contribution in [1.82, 2.24) is 14.8 Å². The Bertz CT molecular complexity index is 1230. The van der Waals surface area contributed by atoms with Crippen LogP contribution in [-0.4, -0.2) is 60.3 Å². The molecule has 1 aromatic heterocycles. The van der Waals surface area contributed by atoms with Gasteiger partial charge in [0.1, 0.15) is 17.1 Å². The average molecular weight is 494 g/mol. The lowest BCUT2D eigenvalue weighted by molar-refractivity contribution is 0.0664. The van der Waals surface area contributed by atoms with E-state index in [1.165, 1.54) is 27.8 Å². The molecule has 1 aliphatic carbocycles. The molecule has 0 saturated heterocycles. The summed E-state index contributed by atoms with van der Waals surface area (Å²) in [6.45, 7) is 2.61. The van der Waals surface area contributed by atoms with Gasteiger partial charge in [-0.15, -0.1) is 0 Å². The van der Waals surface area contributed by atoms with Crippen LogP contribution in [0.2, 0.25) is 5.02 Å². The van der Waals surface area contributed by atoms with E-state index < -0.39 is 34.3 Å². The van der Waals surface area contributed by atoms with Crippen molar-refractivity contribution in [3.05, 3.63) is 56.2 Å². The first-order valence-electron chi connectivity index (χ1n) is 10.8. The Morgan fingerprint density at radius 1 is 1.38 bits per heavy atom. The van der Waals surface area contributed by atoms with E-state index in [1.807, 2.05) is 0 Å². The predicted octanol–water partition coefficient (Wildman–Crippen LogP) is 2.12.